The third kappa shape index (κ3) is 2.66. The molecule has 0 amide bonds. The summed E-state index contributed by atoms with van der Waals surface area (Å²) in [4.78, 5) is 6.97. The highest BCUT2D eigenvalue weighted by Crippen LogP contribution is 2.60. The topological polar surface area (TPSA) is 36.4 Å². The van der Waals surface area contributed by atoms with Gasteiger partial charge in [-0.25, -0.2) is 4.98 Å². The van der Waals surface area contributed by atoms with Crippen molar-refractivity contribution in [2.45, 2.75) is 36.7 Å². The lowest BCUT2D eigenvalue weighted by molar-refractivity contribution is 0.0539. The standard InChI is InChI=1S/C25H26N2OS/c28-23(24-26-11-14-29-24)17-9-12-27(13-10-17)16-25-15-20(18-5-1-3-7-21(18)25)19-6-2-4-8-22(19)25/h1-8,11,14,17,20,23,28H,9-10,12-13,15-16H2/t20?,23-,25?/m0/s1. The number of rotatable bonds is 4. The Kier molecular flexibility index (Phi) is 4.15. The van der Waals surface area contributed by atoms with Crippen molar-refractivity contribution >= 4 is 11.3 Å². The van der Waals surface area contributed by atoms with E-state index < -0.39 is 6.10 Å². The number of thiazole rings is 1. The second kappa shape index (κ2) is 6.76. The number of fused-ring (bicyclic) bond motifs is 8. The summed E-state index contributed by atoms with van der Waals surface area (Å²) in [7, 11) is 0. The van der Waals surface area contributed by atoms with Gasteiger partial charge < -0.3 is 10.0 Å². The van der Waals surface area contributed by atoms with Crippen LogP contribution in [0, 0.1) is 5.92 Å². The first kappa shape index (κ1) is 17.8. The van der Waals surface area contributed by atoms with Crippen LogP contribution in [-0.2, 0) is 5.41 Å². The minimum Gasteiger partial charge on any atom is -0.386 e. The maximum atomic E-state index is 10.7. The molecule has 3 nitrogen and oxygen atoms in total. The lowest BCUT2D eigenvalue weighted by Gasteiger charge is -2.40. The van der Waals surface area contributed by atoms with Gasteiger partial charge in [0.25, 0.3) is 0 Å². The van der Waals surface area contributed by atoms with Crippen molar-refractivity contribution < 1.29 is 5.11 Å². The third-order valence-corrected chi connectivity index (χ3v) is 8.38. The highest BCUT2D eigenvalue weighted by atomic mass is 32.1. The Morgan fingerprint density at radius 3 is 2.31 bits per heavy atom. The predicted molar refractivity (Wildman–Crippen MR) is 116 cm³/mol. The van der Waals surface area contributed by atoms with E-state index in [4.69, 9.17) is 0 Å². The number of piperidine rings is 1. The average Bonchev–Trinajstić information content (AvgIpc) is 3.49. The van der Waals surface area contributed by atoms with E-state index >= 15 is 0 Å². The summed E-state index contributed by atoms with van der Waals surface area (Å²) in [6.07, 6.45) is 4.70. The van der Waals surface area contributed by atoms with Gasteiger partial charge in [-0.05, 0) is 60.5 Å². The van der Waals surface area contributed by atoms with Crippen LogP contribution in [-0.4, -0.2) is 34.6 Å². The Morgan fingerprint density at radius 1 is 1.03 bits per heavy atom. The maximum Gasteiger partial charge on any atom is 0.121 e. The van der Waals surface area contributed by atoms with Crippen LogP contribution >= 0.6 is 11.3 Å². The quantitative estimate of drug-likeness (QED) is 0.686. The van der Waals surface area contributed by atoms with Crippen molar-refractivity contribution in [2.75, 3.05) is 19.6 Å². The number of likely N-dealkylation sites (tertiary alicyclic amines) is 1. The van der Waals surface area contributed by atoms with Crippen molar-refractivity contribution in [3.63, 3.8) is 0 Å². The Bertz CT molecular complexity index is 975. The molecule has 29 heavy (non-hydrogen) atoms. The number of nitrogens with zero attached hydrogens (tertiary/aromatic N) is 2. The molecule has 2 aliphatic carbocycles. The van der Waals surface area contributed by atoms with Gasteiger partial charge >= 0.3 is 0 Å². The predicted octanol–water partition coefficient (Wildman–Crippen LogP) is 4.72. The summed E-state index contributed by atoms with van der Waals surface area (Å²) in [6.45, 7) is 3.21. The molecule has 1 aromatic heterocycles. The third-order valence-electron chi connectivity index (χ3n) is 7.53. The first-order valence-electron chi connectivity index (χ1n) is 10.7. The van der Waals surface area contributed by atoms with Crippen molar-refractivity contribution in [3.05, 3.63) is 87.4 Å². The zero-order valence-corrected chi connectivity index (χ0v) is 17.3. The number of hydrogen-bond donors (Lipinski definition) is 1. The maximum absolute atomic E-state index is 10.7. The van der Waals surface area contributed by atoms with Crippen molar-refractivity contribution in [3.8, 4) is 0 Å². The van der Waals surface area contributed by atoms with Gasteiger partial charge in [0.2, 0.25) is 0 Å². The van der Waals surface area contributed by atoms with Crippen LogP contribution in [0.1, 0.15) is 58.5 Å². The van der Waals surface area contributed by atoms with Crippen LogP contribution in [0.3, 0.4) is 0 Å². The number of aliphatic hydroxyl groups excluding tert-OH is 1. The number of benzene rings is 2. The van der Waals surface area contributed by atoms with Crippen molar-refractivity contribution in [1.82, 2.24) is 9.88 Å². The normalized spacial score (nSPS) is 27.0. The van der Waals surface area contributed by atoms with Gasteiger partial charge in [0.05, 0.1) is 0 Å². The summed E-state index contributed by atoms with van der Waals surface area (Å²) >= 11 is 1.57. The van der Waals surface area contributed by atoms with E-state index in [1.165, 1.54) is 6.42 Å². The van der Waals surface area contributed by atoms with Crippen LogP contribution in [0.2, 0.25) is 0 Å². The zero-order chi connectivity index (χ0) is 19.4. The zero-order valence-electron chi connectivity index (χ0n) is 16.5. The molecule has 1 N–H and O–H groups in total. The molecule has 1 atom stereocenters. The van der Waals surface area contributed by atoms with Gasteiger partial charge in [0, 0.05) is 29.5 Å². The Balaban J connectivity index is 1.25. The van der Waals surface area contributed by atoms with E-state index in [-0.39, 0.29) is 5.41 Å². The van der Waals surface area contributed by atoms with E-state index in [0.717, 1.165) is 37.5 Å². The lowest BCUT2D eigenvalue weighted by Crippen LogP contribution is -2.44. The molecule has 0 unspecified atom stereocenters. The van der Waals surface area contributed by atoms with Gasteiger partial charge in [0.15, 0.2) is 0 Å². The summed E-state index contributed by atoms with van der Waals surface area (Å²) in [5, 5.41) is 13.5. The highest BCUT2D eigenvalue weighted by molar-refractivity contribution is 7.09. The van der Waals surface area contributed by atoms with E-state index in [2.05, 4.69) is 58.4 Å². The number of aliphatic hydroxyl groups is 1. The van der Waals surface area contributed by atoms with E-state index in [1.54, 1.807) is 39.8 Å². The molecule has 1 fully saturated rings. The molecule has 3 aliphatic rings. The van der Waals surface area contributed by atoms with Gasteiger partial charge in [-0.2, -0.15) is 0 Å². The van der Waals surface area contributed by atoms with E-state index in [1.807, 2.05) is 5.38 Å². The van der Waals surface area contributed by atoms with Crippen LogP contribution in [0.4, 0.5) is 0 Å². The molecule has 3 aromatic rings. The second-order valence-corrected chi connectivity index (χ2v) is 9.87. The lowest BCUT2D eigenvalue weighted by atomic mass is 9.74. The van der Waals surface area contributed by atoms with Gasteiger partial charge in [0.1, 0.15) is 11.1 Å². The van der Waals surface area contributed by atoms with Crippen LogP contribution in [0.15, 0.2) is 60.1 Å². The Morgan fingerprint density at radius 2 is 1.69 bits per heavy atom. The molecular weight excluding hydrogens is 376 g/mol. The highest BCUT2D eigenvalue weighted by Gasteiger charge is 2.53. The molecule has 6 rings (SSSR count). The van der Waals surface area contributed by atoms with Crippen LogP contribution < -0.4 is 0 Å². The smallest absolute Gasteiger partial charge is 0.121 e. The molecule has 1 aliphatic heterocycles. The fraction of sp³-hybridized carbons (Fsp3) is 0.400. The molecule has 4 heteroatoms. The Hall–Kier alpha value is -2.01. The summed E-state index contributed by atoms with van der Waals surface area (Å²) in [5.74, 6) is 0.890. The first-order valence-corrected chi connectivity index (χ1v) is 11.6. The van der Waals surface area contributed by atoms with Gasteiger partial charge in [-0.3, -0.25) is 0 Å². The Labute approximate surface area is 176 Å². The summed E-state index contributed by atoms with van der Waals surface area (Å²) in [6, 6.07) is 18.2. The van der Waals surface area contributed by atoms with E-state index in [9.17, 15) is 5.11 Å². The first-order chi connectivity index (χ1) is 14.3. The second-order valence-electron chi connectivity index (χ2n) is 8.94. The monoisotopic (exact) mass is 402 g/mol. The molecule has 0 radical (unpaired) electrons. The molecule has 148 valence electrons. The largest absolute Gasteiger partial charge is 0.386 e. The molecule has 0 spiro atoms. The average molecular weight is 403 g/mol. The van der Waals surface area contributed by atoms with Crippen LogP contribution in [0.5, 0.6) is 0 Å². The molecular formula is C25H26N2OS. The molecule has 2 heterocycles. The molecule has 2 aromatic carbocycles. The SMILES string of the molecule is O[C@H](c1nccs1)C1CCN(CC23CC(c4ccccc42)c2ccccc23)CC1. The molecule has 2 bridgehead atoms. The fourth-order valence-corrected chi connectivity index (χ4v) is 6.91. The van der Waals surface area contributed by atoms with Crippen LogP contribution in [0.25, 0.3) is 0 Å². The van der Waals surface area contributed by atoms with Gasteiger partial charge in [-0.15, -0.1) is 11.3 Å². The van der Waals surface area contributed by atoms with Gasteiger partial charge in [-0.1, -0.05) is 48.5 Å². The molecule has 1 saturated heterocycles. The minimum atomic E-state index is -0.404. The van der Waals surface area contributed by atoms with Crippen molar-refractivity contribution in [2.24, 2.45) is 5.92 Å². The number of hydrogen-bond acceptors (Lipinski definition) is 4. The minimum absolute atomic E-state index is 0.138. The summed E-state index contributed by atoms with van der Waals surface area (Å²) in [5.41, 5.74) is 6.32. The summed E-state index contributed by atoms with van der Waals surface area (Å²) < 4.78 is 0. The molecule has 0 saturated carbocycles. The van der Waals surface area contributed by atoms with Crippen molar-refractivity contribution in [1.29, 1.82) is 0 Å². The van der Waals surface area contributed by atoms with E-state index in [0.29, 0.717) is 11.8 Å². The fourth-order valence-electron chi connectivity index (χ4n) is 6.20. The number of aromatic nitrogens is 1.